The zero-order valence-electron chi connectivity index (χ0n) is 22.3. The number of carbonyl (C=O) groups excluding carboxylic acids is 3. The van der Waals surface area contributed by atoms with Crippen LogP contribution in [0.4, 0.5) is 0 Å². The molecule has 13 nitrogen and oxygen atoms in total. The molecule has 1 aromatic carbocycles. The maximum absolute atomic E-state index is 13.2. The lowest BCUT2D eigenvalue weighted by Gasteiger charge is -2.34. The van der Waals surface area contributed by atoms with Gasteiger partial charge >= 0.3 is 0 Å². The van der Waals surface area contributed by atoms with Crippen LogP contribution in [-0.4, -0.2) is 87.7 Å². The molecule has 4 heterocycles. The number of hydrogen-bond acceptors (Lipinski definition) is 8. The van der Waals surface area contributed by atoms with Gasteiger partial charge in [-0.25, -0.2) is 8.42 Å². The Morgan fingerprint density at radius 2 is 1.79 bits per heavy atom. The quantitative estimate of drug-likeness (QED) is 0.427. The number of piperazine rings is 1. The number of carbonyl (C=O) groups is 3. The minimum Gasteiger partial charge on any atom is -0.481 e. The summed E-state index contributed by atoms with van der Waals surface area (Å²) in [6.07, 6.45) is 0.622. The topological polar surface area (TPSA) is 149 Å². The molecule has 3 aromatic rings. The van der Waals surface area contributed by atoms with Gasteiger partial charge in [-0.1, -0.05) is 12.1 Å². The Bertz CT molecular complexity index is 1580. The number of rotatable bonds is 6. The summed E-state index contributed by atoms with van der Waals surface area (Å²) in [6.45, 7) is 4.01. The van der Waals surface area contributed by atoms with E-state index < -0.39 is 15.9 Å². The van der Waals surface area contributed by atoms with Crippen molar-refractivity contribution in [3.8, 4) is 5.75 Å². The predicted molar refractivity (Wildman–Crippen MR) is 139 cm³/mol. The average molecular weight is 558 g/mol. The van der Waals surface area contributed by atoms with E-state index in [2.05, 4.69) is 15.5 Å². The van der Waals surface area contributed by atoms with E-state index >= 15 is 0 Å². The zero-order chi connectivity index (χ0) is 28.1. The third kappa shape index (κ3) is 4.78. The second kappa shape index (κ2) is 10.1. The van der Waals surface area contributed by atoms with E-state index in [4.69, 9.17) is 4.74 Å². The summed E-state index contributed by atoms with van der Waals surface area (Å²) in [6, 6.07) is 5.33. The van der Waals surface area contributed by atoms with E-state index in [1.165, 1.54) is 4.31 Å². The molecule has 2 fully saturated rings. The minimum absolute atomic E-state index is 0.175. The van der Waals surface area contributed by atoms with Crippen molar-refractivity contribution in [1.82, 2.24) is 34.1 Å². The van der Waals surface area contributed by atoms with E-state index in [-0.39, 0.29) is 61.8 Å². The van der Waals surface area contributed by atoms with E-state index in [1.54, 1.807) is 54.3 Å². The minimum atomic E-state index is -3.73. The molecule has 39 heavy (non-hydrogen) atoms. The molecule has 0 radical (unpaired) electrons. The molecule has 2 aliphatic heterocycles. The lowest BCUT2D eigenvalue weighted by Crippen LogP contribution is -2.51. The van der Waals surface area contributed by atoms with Crippen LogP contribution < -0.4 is 10.1 Å². The molecule has 0 bridgehead atoms. The highest BCUT2D eigenvalue weighted by Crippen LogP contribution is 2.34. The standard InChI is InChI=1S/C25H31N7O6S/c1-15-24(16(2)29(3)27-15)39(36,37)32-12-10-31(11-13-32)21(34)14-38-19-7-5-6-17-22(28-30(4)23(17)19)18-8-9-20(33)26-25(18)35/h5-7,18H,8-14H2,1-4H3,(H,26,33,35). The van der Waals surface area contributed by atoms with E-state index in [9.17, 15) is 22.8 Å². The number of ether oxygens (including phenoxy) is 1. The van der Waals surface area contributed by atoms with Gasteiger partial charge in [0.15, 0.2) is 6.61 Å². The number of sulfonamides is 1. The Morgan fingerprint density at radius 3 is 2.44 bits per heavy atom. The normalized spacial score (nSPS) is 19.0. The van der Waals surface area contributed by atoms with Gasteiger partial charge in [0, 0.05) is 52.1 Å². The first kappa shape index (κ1) is 26.8. The van der Waals surface area contributed by atoms with Gasteiger partial charge in [-0.3, -0.25) is 29.1 Å². The van der Waals surface area contributed by atoms with Crippen LogP contribution in [0.2, 0.25) is 0 Å². The Labute approximate surface area is 225 Å². The highest BCUT2D eigenvalue weighted by Gasteiger charge is 2.35. The maximum Gasteiger partial charge on any atom is 0.260 e. The summed E-state index contributed by atoms with van der Waals surface area (Å²) in [7, 11) is -0.284. The van der Waals surface area contributed by atoms with Gasteiger partial charge < -0.3 is 9.64 Å². The van der Waals surface area contributed by atoms with Crippen LogP contribution in [-0.2, 0) is 38.5 Å². The number of benzene rings is 1. The number of imide groups is 1. The van der Waals surface area contributed by atoms with E-state index in [0.29, 0.717) is 34.8 Å². The molecule has 14 heteroatoms. The predicted octanol–water partition coefficient (Wildman–Crippen LogP) is 0.356. The van der Waals surface area contributed by atoms with E-state index in [0.717, 1.165) is 5.39 Å². The number of fused-ring (bicyclic) bond motifs is 1. The van der Waals surface area contributed by atoms with Gasteiger partial charge in [-0.05, 0) is 26.3 Å². The Hall–Kier alpha value is -3.78. The molecule has 1 atom stereocenters. The van der Waals surface area contributed by atoms with Crippen molar-refractivity contribution in [2.75, 3.05) is 32.8 Å². The van der Waals surface area contributed by atoms with Gasteiger partial charge in [-0.15, -0.1) is 0 Å². The molecule has 5 rings (SSSR count). The highest BCUT2D eigenvalue weighted by molar-refractivity contribution is 7.89. The first-order valence-electron chi connectivity index (χ1n) is 12.7. The Balaban J connectivity index is 1.25. The zero-order valence-corrected chi connectivity index (χ0v) is 23.1. The summed E-state index contributed by atoms with van der Waals surface area (Å²) in [5.41, 5.74) is 2.23. The summed E-state index contributed by atoms with van der Waals surface area (Å²) in [4.78, 5) is 38.8. The molecule has 0 saturated carbocycles. The lowest BCUT2D eigenvalue weighted by atomic mass is 9.93. The van der Waals surface area contributed by atoms with Gasteiger partial charge in [0.05, 0.1) is 23.0 Å². The third-order valence-corrected chi connectivity index (χ3v) is 9.56. The molecule has 1 N–H and O–H groups in total. The molecular weight excluding hydrogens is 526 g/mol. The SMILES string of the molecule is Cc1nn(C)c(C)c1S(=O)(=O)N1CCN(C(=O)COc2cccc3c(C4CCC(=O)NC4=O)nn(C)c23)CC1. The van der Waals surface area contributed by atoms with Crippen LogP contribution in [0, 0.1) is 13.8 Å². The molecule has 2 aromatic heterocycles. The Morgan fingerprint density at radius 1 is 1.08 bits per heavy atom. The largest absolute Gasteiger partial charge is 0.481 e. The lowest BCUT2D eigenvalue weighted by molar-refractivity contribution is -0.135. The van der Waals surface area contributed by atoms with Crippen LogP contribution in [0.25, 0.3) is 10.9 Å². The van der Waals surface area contributed by atoms with Crippen LogP contribution in [0.3, 0.4) is 0 Å². The number of amides is 3. The molecule has 2 saturated heterocycles. The molecule has 2 aliphatic rings. The summed E-state index contributed by atoms with van der Waals surface area (Å²) in [5, 5.41) is 11.8. The first-order valence-corrected chi connectivity index (χ1v) is 14.1. The van der Waals surface area contributed by atoms with Crippen LogP contribution in [0.5, 0.6) is 5.75 Å². The monoisotopic (exact) mass is 557 g/mol. The van der Waals surface area contributed by atoms with Crippen molar-refractivity contribution in [2.24, 2.45) is 14.1 Å². The van der Waals surface area contributed by atoms with Crippen LogP contribution >= 0.6 is 0 Å². The Kier molecular flexibility index (Phi) is 6.93. The van der Waals surface area contributed by atoms with Gasteiger partial charge in [-0.2, -0.15) is 14.5 Å². The van der Waals surface area contributed by atoms with Crippen molar-refractivity contribution < 1.29 is 27.5 Å². The molecule has 0 spiro atoms. The fourth-order valence-corrected chi connectivity index (χ4v) is 7.14. The van der Waals surface area contributed by atoms with Crippen molar-refractivity contribution in [3.05, 3.63) is 35.3 Å². The van der Waals surface area contributed by atoms with Crippen molar-refractivity contribution in [2.45, 2.75) is 37.5 Å². The average Bonchev–Trinajstić information content (AvgIpc) is 3.37. The summed E-state index contributed by atoms with van der Waals surface area (Å²) < 4.78 is 36.9. The maximum atomic E-state index is 13.2. The number of piperidine rings is 1. The van der Waals surface area contributed by atoms with Crippen molar-refractivity contribution in [1.29, 1.82) is 0 Å². The number of para-hydroxylation sites is 1. The van der Waals surface area contributed by atoms with Crippen LogP contribution in [0.15, 0.2) is 23.1 Å². The van der Waals surface area contributed by atoms with Gasteiger partial charge in [0.2, 0.25) is 21.8 Å². The van der Waals surface area contributed by atoms with Gasteiger partial charge in [0.1, 0.15) is 16.2 Å². The second-order valence-corrected chi connectivity index (χ2v) is 11.7. The fraction of sp³-hybridized carbons (Fsp3) is 0.480. The summed E-state index contributed by atoms with van der Waals surface area (Å²) in [5.74, 6) is -1.03. The van der Waals surface area contributed by atoms with Crippen molar-refractivity contribution in [3.63, 3.8) is 0 Å². The molecular formula is C25H31N7O6S. The molecule has 208 valence electrons. The van der Waals surface area contributed by atoms with E-state index in [1.807, 2.05) is 6.07 Å². The molecule has 0 aliphatic carbocycles. The summed E-state index contributed by atoms with van der Waals surface area (Å²) >= 11 is 0. The number of aryl methyl sites for hydroxylation is 3. The second-order valence-electron chi connectivity index (χ2n) is 9.86. The smallest absolute Gasteiger partial charge is 0.260 e. The molecule has 3 amide bonds. The number of hydrogen-bond donors (Lipinski definition) is 1. The van der Waals surface area contributed by atoms with Crippen LogP contribution in [0.1, 0.15) is 35.8 Å². The number of nitrogens with one attached hydrogen (secondary N) is 1. The highest BCUT2D eigenvalue weighted by atomic mass is 32.2. The van der Waals surface area contributed by atoms with Crippen molar-refractivity contribution >= 4 is 38.6 Å². The third-order valence-electron chi connectivity index (χ3n) is 7.41. The van der Waals surface area contributed by atoms with Gasteiger partial charge in [0.25, 0.3) is 5.91 Å². The molecule has 1 unspecified atom stereocenters. The number of nitrogens with zero attached hydrogens (tertiary/aromatic N) is 6. The number of aromatic nitrogens is 4. The first-order chi connectivity index (χ1) is 18.5. The fourth-order valence-electron chi connectivity index (χ4n) is 5.32.